The average Bonchev–Trinajstić information content (AvgIpc) is 3.69. The lowest BCUT2D eigenvalue weighted by atomic mass is 10.1. The number of nitrogens with zero attached hydrogens (tertiary/aromatic N) is 4. The summed E-state index contributed by atoms with van der Waals surface area (Å²) in [6.45, 7) is 12.5. The SMILES string of the molecule is Cc1cc(N(CCOCCOCCOCCOCCOCCOCCOCCOCCOCCO)Cc2ccccc2)ccc1/N=N/c1scc[n+]1CCCCS(=O)(=O)[O-]. The number of unbranched alkanes of at least 4 members (excludes halogenated alkanes) is 1. The van der Waals surface area contributed by atoms with Gasteiger partial charge in [-0.25, -0.2) is 13.0 Å². The van der Waals surface area contributed by atoms with Gasteiger partial charge in [-0.15, -0.1) is 0 Å². The molecular formula is C41H64N4O13S2. The molecule has 2 aromatic carbocycles. The topological polar surface area (TPSA) is 192 Å². The summed E-state index contributed by atoms with van der Waals surface area (Å²) < 4.78 is 84.2. The average molecular weight is 885 g/mol. The maximum absolute atomic E-state index is 10.9. The molecule has 0 aliphatic rings. The van der Waals surface area contributed by atoms with Crippen LogP contribution in [-0.2, 0) is 65.8 Å². The molecule has 0 aliphatic heterocycles. The van der Waals surface area contributed by atoms with Crippen molar-refractivity contribution in [3.05, 3.63) is 71.2 Å². The Kier molecular flexibility index (Phi) is 28.7. The fourth-order valence-corrected chi connectivity index (χ4v) is 6.62. The number of aryl methyl sites for hydroxylation is 2. The van der Waals surface area contributed by atoms with Crippen molar-refractivity contribution in [3.8, 4) is 0 Å². The zero-order chi connectivity index (χ0) is 42.8. The van der Waals surface area contributed by atoms with Crippen molar-refractivity contribution in [1.82, 2.24) is 0 Å². The number of hydrogen-bond donors (Lipinski definition) is 1. The largest absolute Gasteiger partial charge is 0.748 e. The molecule has 0 atom stereocenters. The number of rotatable bonds is 39. The number of ether oxygens (including phenoxy) is 9. The van der Waals surface area contributed by atoms with Gasteiger partial charge in [-0.05, 0) is 65.5 Å². The molecule has 0 amide bonds. The van der Waals surface area contributed by atoms with Gasteiger partial charge in [-0.1, -0.05) is 30.3 Å². The van der Waals surface area contributed by atoms with Gasteiger partial charge in [0.15, 0.2) is 0 Å². The minimum absolute atomic E-state index is 0.0156. The van der Waals surface area contributed by atoms with Crippen molar-refractivity contribution in [2.45, 2.75) is 32.9 Å². The second kappa shape index (κ2) is 33.6. The lowest BCUT2D eigenvalue weighted by Crippen LogP contribution is -2.31. The molecule has 0 aliphatic carbocycles. The van der Waals surface area contributed by atoms with E-state index in [9.17, 15) is 13.0 Å². The van der Waals surface area contributed by atoms with E-state index >= 15 is 0 Å². The highest BCUT2D eigenvalue weighted by molar-refractivity contribution is 7.85. The third-order valence-corrected chi connectivity index (χ3v) is 10.00. The van der Waals surface area contributed by atoms with Crippen LogP contribution < -0.4 is 9.47 Å². The van der Waals surface area contributed by atoms with Crippen molar-refractivity contribution in [1.29, 1.82) is 0 Å². The van der Waals surface area contributed by atoms with E-state index in [4.69, 9.17) is 47.7 Å². The van der Waals surface area contributed by atoms with Gasteiger partial charge in [0.25, 0.3) is 0 Å². The van der Waals surface area contributed by atoms with E-state index in [1.54, 1.807) is 0 Å². The predicted octanol–water partition coefficient (Wildman–Crippen LogP) is 4.23. The highest BCUT2D eigenvalue weighted by Crippen LogP contribution is 2.28. The molecule has 0 unspecified atom stereocenters. The summed E-state index contributed by atoms with van der Waals surface area (Å²) in [7, 11) is -4.21. The minimum Gasteiger partial charge on any atom is -0.748 e. The van der Waals surface area contributed by atoms with Gasteiger partial charge in [-0.3, -0.25) is 0 Å². The van der Waals surface area contributed by atoms with Crippen molar-refractivity contribution >= 4 is 38.0 Å². The van der Waals surface area contributed by atoms with Gasteiger partial charge in [0.05, 0.1) is 147 Å². The van der Waals surface area contributed by atoms with Gasteiger partial charge in [0, 0.05) is 29.9 Å². The molecule has 3 aromatic rings. The first kappa shape index (κ1) is 51.3. The molecule has 0 spiro atoms. The molecule has 1 heterocycles. The van der Waals surface area contributed by atoms with Crippen molar-refractivity contribution < 1.29 is 65.3 Å². The van der Waals surface area contributed by atoms with Crippen LogP contribution in [0.5, 0.6) is 0 Å². The lowest BCUT2D eigenvalue weighted by Gasteiger charge is -2.25. The zero-order valence-corrected chi connectivity index (χ0v) is 36.5. The quantitative estimate of drug-likeness (QED) is 0.0371. The fraction of sp³-hybridized carbons (Fsp3) is 0.634. The van der Waals surface area contributed by atoms with E-state index in [0.29, 0.717) is 157 Å². The van der Waals surface area contributed by atoms with Crippen LogP contribution in [0, 0.1) is 6.92 Å². The summed E-state index contributed by atoms with van der Waals surface area (Å²) in [6, 6.07) is 16.4. The number of azo groups is 1. The molecule has 60 heavy (non-hydrogen) atoms. The van der Waals surface area contributed by atoms with E-state index in [0.717, 1.165) is 16.9 Å². The summed E-state index contributed by atoms with van der Waals surface area (Å²) in [6.07, 6.45) is 2.74. The first-order valence-electron chi connectivity index (χ1n) is 20.4. The Morgan fingerprint density at radius 1 is 0.667 bits per heavy atom. The first-order chi connectivity index (χ1) is 29.4. The monoisotopic (exact) mass is 884 g/mol. The van der Waals surface area contributed by atoms with Gasteiger partial charge in [0.1, 0.15) is 11.9 Å². The Morgan fingerprint density at radius 2 is 1.17 bits per heavy atom. The predicted molar refractivity (Wildman–Crippen MR) is 226 cm³/mol. The molecule has 1 N–H and O–H groups in total. The van der Waals surface area contributed by atoms with Crippen LogP contribution in [-0.4, -0.2) is 156 Å². The molecule has 0 saturated heterocycles. The Hall–Kier alpha value is -3.02. The van der Waals surface area contributed by atoms with Gasteiger partial charge >= 0.3 is 5.13 Å². The maximum atomic E-state index is 10.9. The van der Waals surface area contributed by atoms with E-state index in [1.165, 1.54) is 16.9 Å². The molecular weight excluding hydrogens is 821 g/mol. The number of benzene rings is 2. The van der Waals surface area contributed by atoms with E-state index < -0.39 is 10.1 Å². The summed E-state index contributed by atoms with van der Waals surface area (Å²) in [5.74, 6) is -0.364. The Balaban J connectivity index is 1.20. The second-order valence-electron chi connectivity index (χ2n) is 13.2. The van der Waals surface area contributed by atoms with Crippen LogP contribution in [0.4, 0.5) is 16.5 Å². The highest BCUT2D eigenvalue weighted by Gasteiger charge is 2.14. The summed E-state index contributed by atoms with van der Waals surface area (Å²) >= 11 is 1.44. The highest BCUT2D eigenvalue weighted by atomic mass is 32.2. The minimum atomic E-state index is -4.21. The summed E-state index contributed by atoms with van der Waals surface area (Å²) in [5.41, 5.74) is 3.96. The number of anilines is 1. The first-order valence-corrected chi connectivity index (χ1v) is 22.8. The number of aliphatic hydroxyl groups excluding tert-OH is 1. The van der Waals surface area contributed by atoms with Crippen LogP contribution in [0.3, 0.4) is 0 Å². The Labute approximate surface area is 359 Å². The van der Waals surface area contributed by atoms with Crippen molar-refractivity contribution in [2.75, 3.05) is 143 Å². The number of hydrogen-bond acceptors (Lipinski definition) is 17. The van der Waals surface area contributed by atoms with E-state index in [2.05, 4.69) is 33.3 Å². The molecule has 0 saturated carbocycles. The number of thiazole rings is 1. The zero-order valence-electron chi connectivity index (χ0n) is 34.9. The third kappa shape index (κ3) is 25.7. The smallest absolute Gasteiger partial charge is 0.408 e. The number of aromatic nitrogens is 1. The van der Waals surface area contributed by atoms with Gasteiger partial charge in [-0.2, -0.15) is 0 Å². The van der Waals surface area contributed by atoms with Crippen molar-refractivity contribution in [2.24, 2.45) is 10.2 Å². The Morgan fingerprint density at radius 3 is 1.65 bits per heavy atom. The van der Waals surface area contributed by atoms with Crippen LogP contribution in [0.2, 0.25) is 0 Å². The molecule has 3 rings (SSSR count). The van der Waals surface area contributed by atoms with Crippen LogP contribution >= 0.6 is 11.3 Å². The second-order valence-corrected chi connectivity index (χ2v) is 15.6. The molecule has 0 fully saturated rings. The molecule has 17 nitrogen and oxygen atoms in total. The molecule has 338 valence electrons. The molecule has 0 bridgehead atoms. The van der Waals surface area contributed by atoms with Crippen LogP contribution in [0.15, 0.2) is 70.3 Å². The molecule has 0 radical (unpaired) electrons. The van der Waals surface area contributed by atoms with Crippen LogP contribution in [0.1, 0.15) is 24.0 Å². The van der Waals surface area contributed by atoms with E-state index in [-0.39, 0.29) is 12.4 Å². The van der Waals surface area contributed by atoms with E-state index in [1.807, 2.05) is 53.4 Å². The standard InChI is InChI=1S/C41H64N4O13S2/c1-37-35-39(9-10-40(37)42-43-41-44(13-33-59-41)11-5-6-34-60(47,48)49)45(36-38-7-3-2-4-8-38)12-15-50-17-19-52-21-23-54-25-27-56-29-31-58-32-30-57-28-26-55-24-22-53-20-18-51-16-14-46/h2-4,7-10,13,33,35,46H,5-6,11-12,14-32,34,36H2,1H3. The lowest BCUT2D eigenvalue weighted by molar-refractivity contribution is -0.680. The fourth-order valence-electron chi connectivity index (χ4n) is 5.36. The summed E-state index contributed by atoms with van der Waals surface area (Å²) in [5, 5.41) is 20.2. The van der Waals surface area contributed by atoms with Gasteiger partial charge in [0.2, 0.25) is 0 Å². The normalized spacial score (nSPS) is 11.9. The molecule has 1 aromatic heterocycles. The van der Waals surface area contributed by atoms with Crippen LogP contribution in [0.25, 0.3) is 0 Å². The molecule has 19 heteroatoms. The number of aliphatic hydroxyl groups is 1. The Bertz CT molecular complexity index is 1640. The van der Waals surface area contributed by atoms with Gasteiger partial charge < -0.3 is 57.2 Å². The third-order valence-electron chi connectivity index (χ3n) is 8.43. The maximum Gasteiger partial charge on any atom is 0.408 e. The summed E-state index contributed by atoms with van der Waals surface area (Å²) in [4.78, 5) is 2.27. The van der Waals surface area contributed by atoms with Crippen molar-refractivity contribution in [3.63, 3.8) is 0 Å².